The Hall–Kier alpha value is -0.570. The van der Waals surface area contributed by atoms with Gasteiger partial charge < -0.3 is 10.6 Å². The quantitative estimate of drug-likeness (QED) is 0.849. The second-order valence-electron chi connectivity index (χ2n) is 8.50. The lowest BCUT2D eigenvalue weighted by molar-refractivity contribution is -0.151. The first-order valence-corrected chi connectivity index (χ1v) is 9.14. The van der Waals surface area contributed by atoms with Crippen molar-refractivity contribution in [2.45, 2.75) is 45.4 Å². The molecular weight excluding hydrogens is 260 g/mol. The standard InChI is InChI=1S/C18H30N2O/c1-11-2-3-20(10-16(11)9-19)18(21)17-14-5-12-4-13(7-14)8-15(17)6-12/h11-17H,2-10,19H2,1H3. The fourth-order valence-electron chi connectivity index (χ4n) is 6.20. The van der Waals surface area contributed by atoms with E-state index in [9.17, 15) is 4.79 Å². The molecule has 2 N–H and O–H groups in total. The summed E-state index contributed by atoms with van der Waals surface area (Å²) < 4.78 is 0. The lowest BCUT2D eigenvalue weighted by Gasteiger charge is -2.54. The monoisotopic (exact) mass is 290 g/mol. The van der Waals surface area contributed by atoms with Gasteiger partial charge in [0, 0.05) is 19.0 Å². The molecule has 0 spiro atoms. The minimum atomic E-state index is 0.365. The predicted octanol–water partition coefficient (Wildman–Crippen LogP) is 2.50. The number of piperidine rings is 1. The van der Waals surface area contributed by atoms with E-state index in [2.05, 4.69) is 11.8 Å². The van der Waals surface area contributed by atoms with Gasteiger partial charge in [0.15, 0.2) is 0 Å². The van der Waals surface area contributed by atoms with Gasteiger partial charge in [-0.15, -0.1) is 0 Å². The largest absolute Gasteiger partial charge is 0.342 e. The molecule has 1 amide bonds. The van der Waals surface area contributed by atoms with Gasteiger partial charge in [0.2, 0.25) is 5.91 Å². The molecule has 2 atom stereocenters. The minimum absolute atomic E-state index is 0.365. The van der Waals surface area contributed by atoms with Crippen LogP contribution in [0.1, 0.15) is 45.4 Å². The number of nitrogens with two attached hydrogens (primary N) is 1. The van der Waals surface area contributed by atoms with E-state index in [1.54, 1.807) is 0 Å². The van der Waals surface area contributed by atoms with Crippen LogP contribution in [0.4, 0.5) is 0 Å². The predicted molar refractivity (Wildman–Crippen MR) is 83.4 cm³/mol. The number of hydrogen-bond donors (Lipinski definition) is 1. The second kappa shape index (κ2) is 5.26. The van der Waals surface area contributed by atoms with Gasteiger partial charge in [-0.2, -0.15) is 0 Å². The molecule has 21 heavy (non-hydrogen) atoms. The third kappa shape index (κ3) is 2.32. The van der Waals surface area contributed by atoms with Gasteiger partial charge in [0.25, 0.3) is 0 Å². The Labute approximate surface area is 128 Å². The molecule has 4 aliphatic carbocycles. The van der Waals surface area contributed by atoms with Crippen molar-refractivity contribution in [3.63, 3.8) is 0 Å². The fourth-order valence-corrected chi connectivity index (χ4v) is 6.20. The Morgan fingerprint density at radius 1 is 1.10 bits per heavy atom. The molecule has 5 aliphatic rings. The van der Waals surface area contributed by atoms with E-state index in [1.807, 2.05) is 0 Å². The van der Waals surface area contributed by atoms with Crippen molar-refractivity contribution in [1.29, 1.82) is 0 Å². The van der Waals surface area contributed by atoms with Crippen molar-refractivity contribution >= 4 is 5.91 Å². The Kier molecular flexibility index (Phi) is 3.52. The number of hydrogen-bond acceptors (Lipinski definition) is 2. The van der Waals surface area contributed by atoms with Crippen LogP contribution in [0.2, 0.25) is 0 Å². The first-order valence-electron chi connectivity index (χ1n) is 9.14. The highest BCUT2D eigenvalue weighted by Crippen LogP contribution is 2.57. The second-order valence-corrected chi connectivity index (χ2v) is 8.50. The van der Waals surface area contributed by atoms with E-state index in [-0.39, 0.29) is 0 Å². The number of carbonyl (C=O) groups is 1. The van der Waals surface area contributed by atoms with Gasteiger partial charge in [-0.05, 0) is 80.6 Å². The van der Waals surface area contributed by atoms with Crippen molar-refractivity contribution in [2.24, 2.45) is 47.2 Å². The molecule has 2 unspecified atom stereocenters. The summed E-state index contributed by atoms with van der Waals surface area (Å²) in [5.41, 5.74) is 5.91. The fraction of sp³-hybridized carbons (Fsp3) is 0.944. The smallest absolute Gasteiger partial charge is 0.226 e. The summed E-state index contributed by atoms with van der Waals surface area (Å²) in [4.78, 5) is 15.3. The van der Waals surface area contributed by atoms with E-state index in [1.165, 1.54) is 32.1 Å². The van der Waals surface area contributed by atoms with Crippen LogP contribution in [0.15, 0.2) is 0 Å². The lowest BCUT2D eigenvalue weighted by Crippen LogP contribution is -2.54. The molecule has 0 aromatic rings. The van der Waals surface area contributed by atoms with Crippen molar-refractivity contribution in [1.82, 2.24) is 4.90 Å². The highest BCUT2D eigenvalue weighted by atomic mass is 16.2. The number of likely N-dealkylation sites (tertiary alicyclic amines) is 1. The maximum Gasteiger partial charge on any atom is 0.226 e. The average Bonchev–Trinajstić information content (AvgIpc) is 2.46. The van der Waals surface area contributed by atoms with E-state index < -0.39 is 0 Å². The highest BCUT2D eigenvalue weighted by Gasteiger charge is 2.51. The summed E-state index contributed by atoms with van der Waals surface area (Å²) in [6.07, 6.45) is 7.97. The third-order valence-electron chi connectivity index (χ3n) is 7.24. The molecule has 5 fully saturated rings. The summed E-state index contributed by atoms with van der Waals surface area (Å²) >= 11 is 0. The molecule has 118 valence electrons. The summed E-state index contributed by atoms with van der Waals surface area (Å²) in [6.45, 7) is 4.91. The van der Waals surface area contributed by atoms with E-state index >= 15 is 0 Å². The Balaban J connectivity index is 1.47. The number of rotatable bonds is 2. The molecular formula is C18H30N2O. The van der Waals surface area contributed by atoms with Crippen LogP contribution in [0.25, 0.3) is 0 Å². The minimum Gasteiger partial charge on any atom is -0.342 e. The number of nitrogens with zero attached hydrogens (tertiary/aromatic N) is 1. The SMILES string of the molecule is CC1CCN(C(=O)C2C3CC4CC(C3)CC2C4)CC1CN. The van der Waals surface area contributed by atoms with Crippen LogP contribution in [0.5, 0.6) is 0 Å². The molecule has 1 heterocycles. The summed E-state index contributed by atoms with van der Waals surface area (Å²) in [7, 11) is 0. The van der Waals surface area contributed by atoms with E-state index in [0.29, 0.717) is 35.5 Å². The average molecular weight is 290 g/mol. The molecule has 4 saturated carbocycles. The van der Waals surface area contributed by atoms with E-state index in [4.69, 9.17) is 5.73 Å². The third-order valence-corrected chi connectivity index (χ3v) is 7.24. The van der Waals surface area contributed by atoms with Crippen LogP contribution in [-0.2, 0) is 4.79 Å². The topological polar surface area (TPSA) is 46.3 Å². The van der Waals surface area contributed by atoms with Crippen molar-refractivity contribution in [3.05, 3.63) is 0 Å². The van der Waals surface area contributed by atoms with Crippen molar-refractivity contribution < 1.29 is 4.79 Å². The number of amides is 1. The maximum atomic E-state index is 13.1. The summed E-state index contributed by atoms with van der Waals surface area (Å²) in [6, 6.07) is 0. The van der Waals surface area contributed by atoms with E-state index in [0.717, 1.165) is 37.9 Å². The van der Waals surface area contributed by atoms with Crippen LogP contribution in [-0.4, -0.2) is 30.4 Å². The van der Waals surface area contributed by atoms with Crippen molar-refractivity contribution in [3.8, 4) is 0 Å². The van der Waals surface area contributed by atoms with Crippen LogP contribution in [0.3, 0.4) is 0 Å². The van der Waals surface area contributed by atoms with Gasteiger partial charge >= 0.3 is 0 Å². The Bertz CT molecular complexity index is 393. The van der Waals surface area contributed by atoms with Crippen LogP contribution < -0.4 is 5.73 Å². The van der Waals surface area contributed by atoms with Gasteiger partial charge in [0.1, 0.15) is 0 Å². The van der Waals surface area contributed by atoms with Gasteiger partial charge in [-0.25, -0.2) is 0 Å². The molecule has 3 nitrogen and oxygen atoms in total. The molecule has 4 bridgehead atoms. The van der Waals surface area contributed by atoms with Crippen LogP contribution >= 0.6 is 0 Å². The summed E-state index contributed by atoms with van der Waals surface area (Å²) in [5, 5.41) is 0. The Morgan fingerprint density at radius 2 is 1.71 bits per heavy atom. The maximum absolute atomic E-state index is 13.1. The lowest BCUT2D eigenvalue weighted by atomic mass is 9.51. The Morgan fingerprint density at radius 3 is 2.29 bits per heavy atom. The van der Waals surface area contributed by atoms with Gasteiger partial charge in [-0.3, -0.25) is 4.79 Å². The van der Waals surface area contributed by atoms with Gasteiger partial charge in [0.05, 0.1) is 0 Å². The molecule has 0 radical (unpaired) electrons. The molecule has 1 aliphatic heterocycles. The zero-order valence-electron chi connectivity index (χ0n) is 13.3. The summed E-state index contributed by atoms with van der Waals surface area (Å²) in [5.74, 6) is 5.38. The van der Waals surface area contributed by atoms with Crippen LogP contribution in [0, 0.1) is 41.4 Å². The zero-order chi connectivity index (χ0) is 14.6. The normalized spacial score (nSPS) is 48.7. The van der Waals surface area contributed by atoms with Gasteiger partial charge in [-0.1, -0.05) is 6.92 Å². The molecule has 0 aromatic carbocycles. The molecule has 1 saturated heterocycles. The highest BCUT2D eigenvalue weighted by molar-refractivity contribution is 5.80. The molecule has 5 rings (SSSR count). The first kappa shape index (κ1) is 14.0. The van der Waals surface area contributed by atoms with Crippen molar-refractivity contribution in [2.75, 3.05) is 19.6 Å². The number of carbonyl (C=O) groups excluding carboxylic acids is 1. The molecule has 3 heteroatoms. The molecule has 0 aromatic heterocycles. The first-order chi connectivity index (χ1) is 10.2. The zero-order valence-corrected chi connectivity index (χ0v) is 13.3.